The molecule has 1 aliphatic heterocycles. The Balaban J connectivity index is 1.37. The zero-order chi connectivity index (χ0) is 21.6. The van der Waals surface area contributed by atoms with Crippen molar-refractivity contribution in [1.82, 2.24) is 19.8 Å². The molecule has 31 heavy (non-hydrogen) atoms. The number of esters is 1. The van der Waals surface area contributed by atoms with Crippen molar-refractivity contribution in [3.63, 3.8) is 0 Å². The van der Waals surface area contributed by atoms with Crippen LogP contribution in [0.5, 0.6) is 0 Å². The van der Waals surface area contributed by atoms with Gasteiger partial charge in [0, 0.05) is 31.6 Å². The number of aryl methyl sites for hydroxylation is 1. The van der Waals surface area contributed by atoms with Crippen molar-refractivity contribution in [2.75, 3.05) is 43.1 Å². The largest absolute Gasteiger partial charge is 0.462 e. The van der Waals surface area contributed by atoms with Gasteiger partial charge in [-0.2, -0.15) is 4.52 Å². The van der Waals surface area contributed by atoms with Crippen molar-refractivity contribution < 1.29 is 19.1 Å². The third-order valence-electron chi connectivity index (χ3n) is 4.90. The molecule has 0 saturated carbocycles. The van der Waals surface area contributed by atoms with Gasteiger partial charge in [-0.3, -0.25) is 4.79 Å². The number of amides is 1. The Morgan fingerprint density at radius 1 is 1.10 bits per heavy atom. The van der Waals surface area contributed by atoms with Crippen LogP contribution in [-0.4, -0.2) is 64.6 Å². The molecule has 1 fully saturated rings. The number of anilines is 2. The van der Waals surface area contributed by atoms with Gasteiger partial charge in [0.15, 0.2) is 11.5 Å². The van der Waals surface area contributed by atoms with Crippen LogP contribution in [0.25, 0.3) is 5.65 Å². The van der Waals surface area contributed by atoms with Crippen LogP contribution in [0.3, 0.4) is 0 Å². The first-order chi connectivity index (χ1) is 15.1. The summed E-state index contributed by atoms with van der Waals surface area (Å²) in [6.45, 7) is 4.99. The third kappa shape index (κ3) is 4.97. The number of nitrogens with zero attached hydrogens (tertiary/aromatic N) is 5. The Morgan fingerprint density at radius 2 is 1.87 bits per heavy atom. The van der Waals surface area contributed by atoms with E-state index in [0.29, 0.717) is 49.0 Å². The molecule has 1 amide bonds. The summed E-state index contributed by atoms with van der Waals surface area (Å²) >= 11 is 0. The number of aromatic nitrogens is 4. The van der Waals surface area contributed by atoms with Crippen molar-refractivity contribution in [3.8, 4) is 0 Å². The van der Waals surface area contributed by atoms with Gasteiger partial charge in [0.2, 0.25) is 5.91 Å². The molecule has 162 valence electrons. The predicted molar refractivity (Wildman–Crippen MR) is 113 cm³/mol. The molecule has 10 nitrogen and oxygen atoms in total. The SMILES string of the molecule is CCOC(=O)c1ccc(NC(=O)CCc2nnc3ccc(N4CCOCC4)nn23)cc1. The normalized spacial score (nSPS) is 13.9. The Hall–Kier alpha value is -3.53. The minimum absolute atomic E-state index is 0.162. The van der Waals surface area contributed by atoms with E-state index < -0.39 is 0 Å². The highest BCUT2D eigenvalue weighted by Crippen LogP contribution is 2.15. The van der Waals surface area contributed by atoms with Crippen LogP contribution in [0.15, 0.2) is 36.4 Å². The van der Waals surface area contributed by atoms with E-state index in [-0.39, 0.29) is 18.3 Å². The summed E-state index contributed by atoms with van der Waals surface area (Å²) in [6.07, 6.45) is 0.622. The molecule has 0 aliphatic carbocycles. The van der Waals surface area contributed by atoms with Crippen LogP contribution in [0.2, 0.25) is 0 Å². The zero-order valence-corrected chi connectivity index (χ0v) is 17.3. The predicted octanol–water partition coefficient (Wildman–Crippen LogP) is 1.71. The zero-order valence-electron chi connectivity index (χ0n) is 17.3. The first-order valence-corrected chi connectivity index (χ1v) is 10.2. The molecule has 0 radical (unpaired) electrons. The van der Waals surface area contributed by atoms with Crippen molar-refractivity contribution >= 4 is 29.0 Å². The number of hydrogen-bond acceptors (Lipinski definition) is 8. The van der Waals surface area contributed by atoms with E-state index in [1.165, 1.54) is 0 Å². The summed E-state index contributed by atoms with van der Waals surface area (Å²) in [4.78, 5) is 26.2. The highest BCUT2D eigenvalue weighted by molar-refractivity contribution is 5.93. The molecule has 0 atom stereocenters. The van der Waals surface area contributed by atoms with Gasteiger partial charge >= 0.3 is 5.97 Å². The summed E-state index contributed by atoms with van der Waals surface area (Å²) in [7, 11) is 0. The van der Waals surface area contributed by atoms with Crippen LogP contribution in [0, 0.1) is 0 Å². The highest BCUT2D eigenvalue weighted by Gasteiger charge is 2.16. The molecule has 10 heteroatoms. The number of nitrogens with one attached hydrogen (secondary N) is 1. The summed E-state index contributed by atoms with van der Waals surface area (Å²) in [6, 6.07) is 10.4. The molecule has 1 aliphatic rings. The van der Waals surface area contributed by atoms with Crippen molar-refractivity contribution in [3.05, 3.63) is 47.8 Å². The second kappa shape index (κ2) is 9.52. The molecule has 1 aromatic carbocycles. The Bertz CT molecular complexity index is 1060. The Morgan fingerprint density at radius 3 is 2.61 bits per heavy atom. The summed E-state index contributed by atoms with van der Waals surface area (Å²) < 4.78 is 12.0. The topological polar surface area (TPSA) is 111 Å². The summed E-state index contributed by atoms with van der Waals surface area (Å²) in [5.74, 6) is 0.911. The number of fused-ring (bicyclic) bond motifs is 1. The maximum absolute atomic E-state index is 12.4. The molecule has 2 aromatic heterocycles. The van der Waals surface area contributed by atoms with E-state index in [1.807, 2.05) is 12.1 Å². The van der Waals surface area contributed by atoms with E-state index in [4.69, 9.17) is 9.47 Å². The van der Waals surface area contributed by atoms with E-state index in [9.17, 15) is 9.59 Å². The van der Waals surface area contributed by atoms with Crippen LogP contribution < -0.4 is 10.2 Å². The quantitative estimate of drug-likeness (QED) is 0.571. The minimum Gasteiger partial charge on any atom is -0.462 e. The maximum Gasteiger partial charge on any atom is 0.338 e. The first kappa shape index (κ1) is 20.7. The highest BCUT2D eigenvalue weighted by atomic mass is 16.5. The number of morpholine rings is 1. The van der Waals surface area contributed by atoms with Crippen LogP contribution in [-0.2, 0) is 20.7 Å². The number of rotatable bonds is 7. The number of hydrogen-bond donors (Lipinski definition) is 1. The molecule has 4 rings (SSSR count). The van der Waals surface area contributed by atoms with Crippen LogP contribution in [0.4, 0.5) is 11.5 Å². The monoisotopic (exact) mass is 424 g/mol. The molecule has 1 N–H and O–H groups in total. The Labute approximate surface area is 179 Å². The number of carbonyl (C=O) groups excluding carboxylic acids is 2. The maximum atomic E-state index is 12.4. The number of carbonyl (C=O) groups is 2. The van der Waals surface area contributed by atoms with Crippen molar-refractivity contribution in [1.29, 1.82) is 0 Å². The average Bonchev–Trinajstić information content (AvgIpc) is 3.21. The molecule has 0 bridgehead atoms. The molecule has 0 spiro atoms. The van der Waals surface area contributed by atoms with Gasteiger partial charge < -0.3 is 19.7 Å². The van der Waals surface area contributed by atoms with E-state index in [0.717, 1.165) is 18.9 Å². The second-order valence-corrected chi connectivity index (χ2v) is 7.02. The van der Waals surface area contributed by atoms with Crippen LogP contribution >= 0.6 is 0 Å². The lowest BCUT2D eigenvalue weighted by atomic mass is 10.2. The lowest BCUT2D eigenvalue weighted by molar-refractivity contribution is -0.116. The summed E-state index contributed by atoms with van der Waals surface area (Å²) in [5, 5.41) is 15.8. The smallest absolute Gasteiger partial charge is 0.338 e. The summed E-state index contributed by atoms with van der Waals surface area (Å²) in [5.41, 5.74) is 1.69. The fourth-order valence-corrected chi connectivity index (χ4v) is 3.29. The molecular formula is C21H24N6O4. The second-order valence-electron chi connectivity index (χ2n) is 7.02. The average molecular weight is 424 g/mol. The number of benzene rings is 1. The van der Waals surface area contributed by atoms with Gasteiger partial charge in [-0.15, -0.1) is 15.3 Å². The van der Waals surface area contributed by atoms with E-state index in [2.05, 4.69) is 25.5 Å². The van der Waals surface area contributed by atoms with Crippen LogP contribution in [0.1, 0.15) is 29.5 Å². The van der Waals surface area contributed by atoms with Gasteiger partial charge in [0.05, 0.1) is 25.4 Å². The first-order valence-electron chi connectivity index (χ1n) is 10.2. The lowest BCUT2D eigenvalue weighted by Crippen LogP contribution is -2.37. The van der Waals surface area contributed by atoms with Gasteiger partial charge in [0.1, 0.15) is 5.82 Å². The van der Waals surface area contributed by atoms with Gasteiger partial charge in [-0.1, -0.05) is 0 Å². The number of ether oxygens (including phenoxy) is 2. The molecule has 3 aromatic rings. The standard InChI is InChI=1S/C21H24N6O4/c1-2-31-21(29)15-3-5-16(6-4-15)22-20(28)10-9-18-24-23-17-7-8-19(25-27(17)18)26-11-13-30-14-12-26/h3-8H,2,9-14H2,1H3,(H,22,28). The molecular weight excluding hydrogens is 400 g/mol. The Kier molecular flexibility index (Phi) is 6.37. The van der Waals surface area contributed by atoms with Gasteiger partial charge in [0.25, 0.3) is 0 Å². The molecule has 1 saturated heterocycles. The van der Waals surface area contributed by atoms with Gasteiger partial charge in [-0.05, 0) is 43.3 Å². The van der Waals surface area contributed by atoms with Gasteiger partial charge in [-0.25, -0.2) is 4.79 Å². The lowest BCUT2D eigenvalue weighted by Gasteiger charge is -2.27. The minimum atomic E-state index is -0.386. The van der Waals surface area contributed by atoms with Crippen molar-refractivity contribution in [2.45, 2.75) is 19.8 Å². The molecule has 0 unspecified atom stereocenters. The van der Waals surface area contributed by atoms with Crippen molar-refractivity contribution in [2.24, 2.45) is 0 Å². The fourth-order valence-electron chi connectivity index (χ4n) is 3.29. The third-order valence-corrected chi connectivity index (χ3v) is 4.90. The fraction of sp³-hybridized carbons (Fsp3) is 0.381. The molecule has 3 heterocycles. The van der Waals surface area contributed by atoms with E-state index >= 15 is 0 Å². The van der Waals surface area contributed by atoms with E-state index in [1.54, 1.807) is 35.7 Å².